The SMILES string of the molecule is CCCCCCC(Oc1ccc(-c2ccc(Cl)cc2)cc1C)c1ccc(C(=O)NCCC(=O)O)cc1.[HH]. The van der Waals surface area contributed by atoms with E-state index in [-0.39, 0.29) is 26.4 Å². The molecular weight excluding hydrogens is 474 g/mol. The molecule has 0 heterocycles. The molecule has 0 spiro atoms. The number of carboxylic acids is 1. The first-order valence-corrected chi connectivity index (χ1v) is 12.9. The van der Waals surface area contributed by atoms with Crippen LogP contribution in [0.4, 0.5) is 0 Å². The van der Waals surface area contributed by atoms with Gasteiger partial charge in [-0.1, -0.05) is 68.1 Å². The predicted octanol–water partition coefficient (Wildman–Crippen LogP) is 7.86. The molecule has 0 aliphatic heterocycles. The maximum absolute atomic E-state index is 12.3. The fourth-order valence-corrected chi connectivity index (χ4v) is 4.17. The summed E-state index contributed by atoms with van der Waals surface area (Å²) in [4.78, 5) is 23.0. The molecule has 0 saturated carbocycles. The number of nitrogens with one attached hydrogen (secondary N) is 1. The number of benzene rings is 3. The number of carbonyl (C=O) groups excluding carboxylic acids is 1. The summed E-state index contributed by atoms with van der Waals surface area (Å²) in [6.45, 7) is 4.34. The first kappa shape index (κ1) is 27.3. The number of carbonyl (C=O) groups is 2. The molecule has 1 amide bonds. The summed E-state index contributed by atoms with van der Waals surface area (Å²) in [7, 11) is 0. The summed E-state index contributed by atoms with van der Waals surface area (Å²) in [5.74, 6) is -0.384. The zero-order valence-corrected chi connectivity index (χ0v) is 21.7. The van der Waals surface area contributed by atoms with Gasteiger partial charge < -0.3 is 15.2 Å². The van der Waals surface area contributed by atoms with E-state index in [2.05, 4.69) is 24.4 Å². The molecule has 2 N–H and O–H groups in total. The van der Waals surface area contributed by atoms with Crippen molar-refractivity contribution in [1.29, 1.82) is 0 Å². The first-order chi connectivity index (χ1) is 17.4. The van der Waals surface area contributed by atoms with E-state index in [9.17, 15) is 9.59 Å². The number of hydrogen-bond donors (Lipinski definition) is 2. The summed E-state index contributed by atoms with van der Waals surface area (Å²) >= 11 is 6.03. The van der Waals surface area contributed by atoms with Crippen LogP contribution < -0.4 is 10.1 Å². The van der Waals surface area contributed by atoms with Gasteiger partial charge in [-0.25, -0.2) is 0 Å². The molecule has 3 aromatic rings. The number of hydrogen-bond acceptors (Lipinski definition) is 3. The summed E-state index contributed by atoms with van der Waals surface area (Å²) in [6.07, 6.45) is 5.20. The van der Waals surface area contributed by atoms with Crippen molar-refractivity contribution in [3.63, 3.8) is 0 Å². The van der Waals surface area contributed by atoms with Crippen LogP contribution in [0.2, 0.25) is 5.02 Å². The molecule has 0 aliphatic carbocycles. The Morgan fingerprint density at radius 1 is 0.972 bits per heavy atom. The minimum absolute atomic E-state index is 0. The third-order valence-electron chi connectivity index (χ3n) is 6.11. The molecule has 0 aliphatic rings. The Labute approximate surface area is 219 Å². The molecule has 1 atom stereocenters. The molecule has 3 aromatic carbocycles. The lowest BCUT2D eigenvalue weighted by atomic mass is 10.00. The molecular formula is C30H36ClNO4. The van der Waals surface area contributed by atoms with Gasteiger partial charge in [0, 0.05) is 18.6 Å². The molecule has 192 valence electrons. The lowest BCUT2D eigenvalue weighted by Crippen LogP contribution is -2.26. The fourth-order valence-electron chi connectivity index (χ4n) is 4.04. The number of ether oxygens (including phenoxy) is 1. The topological polar surface area (TPSA) is 75.6 Å². The molecule has 6 heteroatoms. The van der Waals surface area contributed by atoms with Crippen molar-refractivity contribution < 1.29 is 20.9 Å². The first-order valence-electron chi connectivity index (χ1n) is 12.5. The van der Waals surface area contributed by atoms with E-state index in [0.29, 0.717) is 10.6 Å². The average Bonchev–Trinajstić information content (AvgIpc) is 2.87. The maximum atomic E-state index is 12.3. The lowest BCUT2D eigenvalue weighted by Gasteiger charge is -2.22. The van der Waals surface area contributed by atoms with Crippen molar-refractivity contribution in [3.05, 3.63) is 88.4 Å². The smallest absolute Gasteiger partial charge is 0.305 e. The second-order valence-corrected chi connectivity index (χ2v) is 9.40. The van der Waals surface area contributed by atoms with Crippen molar-refractivity contribution in [2.45, 2.75) is 58.5 Å². The van der Waals surface area contributed by atoms with Crippen LogP contribution in [-0.2, 0) is 4.79 Å². The van der Waals surface area contributed by atoms with Gasteiger partial charge in [0.1, 0.15) is 11.9 Å². The average molecular weight is 510 g/mol. The summed E-state index contributed by atoms with van der Waals surface area (Å²) in [6, 6.07) is 21.4. The molecule has 0 radical (unpaired) electrons. The van der Waals surface area contributed by atoms with Crippen LogP contribution in [0, 0.1) is 6.92 Å². The van der Waals surface area contributed by atoms with Crippen molar-refractivity contribution >= 4 is 23.5 Å². The number of carboxylic acid groups (broad SMARTS) is 1. The van der Waals surface area contributed by atoms with E-state index in [1.165, 1.54) is 12.8 Å². The van der Waals surface area contributed by atoms with Crippen molar-refractivity contribution in [3.8, 4) is 16.9 Å². The molecule has 5 nitrogen and oxygen atoms in total. The largest absolute Gasteiger partial charge is 0.485 e. The van der Waals surface area contributed by atoms with Crippen LogP contribution in [0.3, 0.4) is 0 Å². The summed E-state index contributed by atoms with van der Waals surface area (Å²) in [5, 5.41) is 12.1. The third kappa shape index (κ3) is 8.13. The Morgan fingerprint density at radius 3 is 2.31 bits per heavy atom. The quantitative estimate of drug-likeness (QED) is 0.230. The van der Waals surface area contributed by atoms with Gasteiger partial charge in [-0.3, -0.25) is 9.59 Å². The molecule has 36 heavy (non-hydrogen) atoms. The monoisotopic (exact) mass is 509 g/mol. The fraction of sp³-hybridized carbons (Fsp3) is 0.333. The van der Waals surface area contributed by atoms with Gasteiger partial charge in [-0.15, -0.1) is 0 Å². The summed E-state index contributed by atoms with van der Waals surface area (Å²) < 4.78 is 6.53. The Morgan fingerprint density at radius 2 is 1.67 bits per heavy atom. The molecule has 0 aromatic heterocycles. The molecule has 1 unspecified atom stereocenters. The van der Waals surface area contributed by atoms with Crippen LogP contribution in [0.1, 0.15) is 74.5 Å². The zero-order chi connectivity index (χ0) is 25.9. The van der Waals surface area contributed by atoms with Crippen LogP contribution in [0.25, 0.3) is 11.1 Å². The highest BCUT2D eigenvalue weighted by atomic mass is 35.5. The zero-order valence-electron chi connectivity index (χ0n) is 20.9. The van der Waals surface area contributed by atoms with Crippen molar-refractivity contribution in [2.75, 3.05) is 6.54 Å². The normalized spacial score (nSPS) is 11.6. The van der Waals surface area contributed by atoms with Gasteiger partial charge >= 0.3 is 5.97 Å². The van der Waals surface area contributed by atoms with Gasteiger partial charge in [0.2, 0.25) is 0 Å². The van der Waals surface area contributed by atoms with E-state index in [0.717, 1.165) is 47.3 Å². The Kier molecular flexibility index (Phi) is 10.4. The van der Waals surface area contributed by atoms with Gasteiger partial charge in [0.15, 0.2) is 0 Å². The van der Waals surface area contributed by atoms with Crippen molar-refractivity contribution in [1.82, 2.24) is 5.32 Å². The molecule has 0 fully saturated rings. The van der Waals surface area contributed by atoms with Crippen LogP contribution in [0.15, 0.2) is 66.7 Å². The number of halogens is 1. The molecule has 0 bridgehead atoms. The molecule has 3 rings (SSSR count). The van der Waals surface area contributed by atoms with Crippen LogP contribution in [0.5, 0.6) is 5.75 Å². The number of unbranched alkanes of at least 4 members (excludes halogenated alkanes) is 3. The highest BCUT2D eigenvalue weighted by molar-refractivity contribution is 6.30. The lowest BCUT2D eigenvalue weighted by molar-refractivity contribution is -0.136. The van der Waals surface area contributed by atoms with Crippen LogP contribution >= 0.6 is 11.6 Å². The number of amides is 1. The predicted molar refractivity (Wildman–Crippen MR) is 147 cm³/mol. The highest BCUT2D eigenvalue weighted by Gasteiger charge is 2.16. The van der Waals surface area contributed by atoms with Gasteiger partial charge in [0.25, 0.3) is 5.91 Å². The van der Waals surface area contributed by atoms with E-state index in [4.69, 9.17) is 21.4 Å². The van der Waals surface area contributed by atoms with Gasteiger partial charge in [-0.05, 0) is 78.4 Å². The van der Waals surface area contributed by atoms with E-state index >= 15 is 0 Å². The van der Waals surface area contributed by atoms with E-state index in [1.54, 1.807) is 12.1 Å². The second-order valence-electron chi connectivity index (χ2n) is 8.96. The van der Waals surface area contributed by atoms with E-state index < -0.39 is 5.97 Å². The standard InChI is InChI=1S/C30H34ClNO4.H2/c1-3-4-5-6-7-28(23-8-10-24(11-9-23)30(35)32-19-18-29(33)34)36-27-17-14-25(20-21(27)2)22-12-15-26(31)16-13-22;/h8-17,20,28H,3-7,18-19H2,1-2H3,(H,32,35)(H,33,34);1H. The third-order valence-corrected chi connectivity index (χ3v) is 6.36. The summed E-state index contributed by atoms with van der Waals surface area (Å²) in [5.41, 5.74) is 4.76. The van der Waals surface area contributed by atoms with Crippen LogP contribution in [-0.4, -0.2) is 23.5 Å². The Bertz CT molecular complexity index is 1150. The van der Waals surface area contributed by atoms with Gasteiger partial charge in [-0.2, -0.15) is 0 Å². The van der Waals surface area contributed by atoms with E-state index in [1.807, 2.05) is 49.4 Å². The Hall–Kier alpha value is -3.31. The Balaban J connectivity index is 0.00000481. The maximum Gasteiger partial charge on any atom is 0.305 e. The van der Waals surface area contributed by atoms with Gasteiger partial charge in [0.05, 0.1) is 6.42 Å². The minimum atomic E-state index is -0.940. The molecule has 0 saturated heterocycles. The van der Waals surface area contributed by atoms with Crippen molar-refractivity contribution in [2.24, 2.45) is 0 Å². The minimum Gasteiger partial charge on any atom is -0.485 e. The number of aliphatic carboxylic acids is 1. The highest BCUT2D eigenvalue weighted by Crippen LogP contribution is 2.32. The number of aryl methyl sites for hydroxylation is 1. The second kappa shape index (κ2) is 13.7. The number of rotatable bonds is 13.